The zero-order valence-electron chi connectivity index (χ0n) is 22.0. The number of amides is 2. The number of Topliss-reactive ketones (excluding diaryl/α,β-unsaturated/α-hetero) is 1. The third-order valence-electron chi connectivity index (χ3n) is 4.77. The van der Waals surface area contributed by atoms with Crippen molar-refractivity contribution >= 4 is 24.0 Å². The maximum atomic E-state index is 13.4. The summed E-state index contributed by atoms with van der Waals surface area (Å²) in [5.41, 5.74) is -0.00188. The average Bonchev–Trinajstić information content (AvgIpc) is 2.73. The van der Waals surface area contributed by atoms with Crippen molar-refractivity contribution in [1.82, 2.24) is 10.2 Å². The first-order valence-corrected chi connectivity index (χ1v) is 12.3. The molecule has 0 heterocycles. The number of unbranched alkanes of at least 4 members (excludes halogenated alkanes) is 1. The molecule has 1 N–H and O–H groups in total. The van der Waals surface area contributed by atoms with Crippen molar-refractivity contribution in [2.24, 2.45) is 16.8 Å². The van der Waals surface area contributed by atoms with Crippen molar-refractivity contribution < 1.29 is 19.1 Å². The molecule has 1 atom stereocenters. The lowest BCUT2D eigenvalue weighted by Gasteiger charge is -2.29. The molecule has 0 unspecified atom stereocenters. The maximum absolute atomic E-state index is 13.4. The predicted molar refractivity (Wildman–Crippen MR) is 137 cm³/mol. The number of ether oxygens (including phenoxy) is 1. The maximum Gasteiger partial charge on any atom is 0.407 e. The Morgan fingerprint density at radius 3 is 2.12 bits per heavy atom. The van der Waals surface area contributed by atoms with Gasteiger partial charge in [-0.2, -0.15) is 0 Å². The molecular weight excluding hydrogens is 430 g/mol. The van der Waals surface area contributed by atoms with Crippen molar-refractivity contribution in [1.29, 1.82) is 0 Å². The van der Waals surface area contributed by atoms with E-state index in [1.807, 2.05) is 31.7 Å². The summed E-state index contributed by atoms with van der Waals surface area (Å²) in [7, 11) is 0. The van der Waals surface area contributed by atoms with E-state index in [9.17, 15) is 14.4 Å². The molecule has 1 rings (SSSR count). The summed E-state index contributed by atoms with van der Waals surface area (Å²) in [6.07, 6.45) is 2.69. The van der Waals surface area contributed by atoms with E-state index in [-0.39, 0.29) is 11.7 Å². The van der Waals surface area contributed by atoms with Crippen LogP contribution in [-0.2, 0) is 9.53 Å². The van der Waals surface area contributed by atoms with Gasteiger partial charge in [-0.05, 0) is 51.9 Å². The highest BCUT2D eigenvalue weighted by Crippen LogP contribution is 2.13. The Balaban J connectivity index is 2.83. The number of carbonyl (C=O) groups excluding carboxylic acids is 3. The molecule has 0 spiro atoms. The number of nitrogens with zero attached hydrogens (tertiary/aromatic N) is 2. The minimum atomic E-state index is -0.633. The average molecular weight is 474 g/mol. The molecule has 2 amide bonds. The molecular formula is C27H43N3O4. The fraction of sp³-hybridized carbons (Fsp3) is 0.630. The Kier molecular flexibility index (Phi) is 12.5. The fourth-order valence-corrected chi connectivity index (χ4v) is 3.41. The molecule has 0 radical (unpaired) electrons. The molecule has 0 saturated heterocycles. The van der Waals surface area contributed by atoms with Crippen LogP contribution in [0.3, 0.4) is 0 Å². The highest BCUT2D eigenvalue weighted by molar-refractivity contribution is 6.35. The lowest BCUT2D eigenvalue weighted by atomic mass is 10.1. The number of hydrogen-bond acceptors (Lipinski definition) is 5. The highest BCUT2D eigenvalue weighted by Gasteiger charge is 2.25. The molecule has 7 nitrogen and oxygen atoms in total. The number of rotatable bonds is 13. The Hall–Kier alpha value is -2.70. The summed E-state index contributed by atoms with van der Waals surface area (Å²) >= 11 is 0. The van der Waals surface area contributed by atoms with Crippen LogP contribution in [0.1, 0.15) is 78.1 Å². The van der Waals surface area contributed by atoms with Crippen LogP contribution < -0.4 is 5.32 Å². The number of alkyl carbamates (subject to hydrolysis) is 1. The van der Waals surface area contributed by atoms with Gasteiger partial charge in [-0.1, -0.05) is 58.0 Å². The van der Waals surface area contributed by atoms with Crippen LogP contribution in [0.5, 0.6) is 0 Å². The second-order valence-corrected chi connectivity index (χ2v) is 10.5. The standard InChI is InChI=1S/C27H43N3O4/c1-20(2)18-30(19-21(3)4)25(32)23(29-17-24(31)22-13-9-8-10-14-22)15-11-12-16-28-26(33)34-27(5,6)7/h8-10,13-14,17,20-21,23H,11-12,15-16,18-19H2,1-7H3,(H,28,33)/t23-/m0/s1. The van der Waals surface area contributed by atoms with E-state index >= 15 is 0 Å². The van der Waals surface area contributed by atoms with E-state index in [1.54, 1.807) is 24.3 Å². The monoisotopic (exact) mass is 473 g/mol. The molecule has 0 aromatic heterocycles. The Morgan fingerprint density at radius 1 is 1.00 bits per heavy atom. The molecule has 0 aliphatic rings. The number of hydrogen-bond donors (Lipinski definition) is 1. The van der Waals surface area contributed by atoms with Gasteiger partial charge in [0.1, 0.15) is 11.6 Å². The van der Waals surface area contributed by atoms with Gasteiger partial charge in [0.2, 0.25) is 11.7 Å². The summed E-state index contributed by atoms with van der Waals surface area (Å²) in [6, 6.07) is 8.28. The molecule has 0 bridgehead atoms. The molecule has 34 heavy (non-hydrogen) atoms. The molecule has 0 aliphatic carbocycles. The number of carbonyl (C=O) groups is 3. The Bertz CT molecular complexity index is 788. The first-order chi connectivity index (χ1) is 15.9. The van der Waals surface area contributed by atoms with Crippen molar-refractivity contribution in [2.75, 3.05) is 19.6 Å². The molecule has 1 aromatic rings. The predicted octanol–water partition coefficient (Wildman–Crippen LogP) is 5.14. The molecule has 1 aromatic carbocycles. The van der Waals surface area contributed by atoms with Crippen molar-refractivity contribution in [3.63, 3.8) is 0 Å². The van der Waals surface area contributed by atoms with Gasteiger partial charge < -0.3 is 15.0 Å². The molecule has 190 valence electrons. The zero-order valence-corrected chi connectivity index (χ0v) is 22.0. The van der Waals surface area contributed by atoms with Crippen molar-refractivity contribution in [3.05, 3.63) is 35.9 Å². The van der Waals surface area contributed by atoms with E-state index in [0.29, 0.717) is 56.3 Å². The third-order valence-corrected chi connectivity index (χ3v) is 4.77. The number of nitrogens with one attached hydrogen (secondary N) is 1. The topological polar surface area (TPSA) is 88.1 Å². The van der Waals surface area contributed by atoms with Crippen LogP contribution in [0.25, 0.3) is 0 Å². The quantitative estimate of drug-likeness (QED) is 0.244. The zero-order chi connectivity index (χ0) is 25.7. The van der Waals surface area contributed by atoms with E-state index in [0.717, 1.165) is 0 Å². The minimum absolute atomic E-state index is 0.0559. The number of benzene rings is 1. The Morgan fingerprint density at radius 2 is 1.59 bits per heavy atom. The second-order valence-electron chi connectivity index (χ2n) is 10.5. The van der Waals surface area contributed by atoms with Crippen LogP contribution in [0.2, 0.25) is 0 Å². The lowest BCUT2D eigenvalue weighted by molar-refractivity contribution is -0.133. The SMILES string of the molecule is CC(C)CN(CC(C)C)C(=O)[C@H](CCCCNC(=O)OC(C)(C)C)N=CC(=O)c1ccccc1. The number of aliphatic imine (C=N–C) groups is 1. The van der Waals surface area contributed by atoms with E-state index in [2.05, 4.69) is 38.0 Å². The smallest absolute Gasteiger partial charge is 0.407 e. The molecule has 0 aliphatic heterocycles. The summed E-state index contributed by atoms with van der Waals surface area (Å²) in [4.78, 5) is 44.0. The minimum Gasteiger partial charge on any atom is -0.444 e. The molecule has 0 saturated carbocycles. The molecule has 0 fully saturated rings. The summed E-state index contributed by atoms with van der Waals surface area (Å²) in [5, 5.41) is 2.74. The summed E-state index contributed by atoms with van der Waals surface area (Å²) in [6.45, 7) is 15.5. The van der Waals surface area contributed by atoms with Crippen LogP contribution >= 0.6 is 0 Å². The van der Waals surface area contributed by atoms with Gasteiger partial charge in [0.15, 0.2) is 0 Å². The third kappa shape index (κ3) is 12.5. The first kappa shape index (κ1) is 29.3. The van der Waals surface area contributed by atoms with Gasteiger partial charge in [0.05, 0.1) is 6.21 Å². The van der Waals surface area contributed by atoms with Gasteiger partial charge in [-0.25, -0.2) is 4.79 Å². The van der Waals surface area contributed by atoms with E-state index in [1.165, 1.54) is 6.21 Å². The van der Waals surface area contributed by atoms with Crippen LogP contribution in [0.4, 0.5) is 4.79 Å². The van der Waals surface area contributed by atoms with Crippen molar-refractivity contribution in [3.8, 4) is 0 Å². The normalized spacial score (nSPS) is 12.7. The number of ketones is 1. The Labute approximate surface area is 205 Å². The van der Waals surface area contributed by atoms with Gasteiger partial charge in [0, 0.05) is 25.2 Å². The van der Waals surface area contributed by atoms with E-state index < -0.39 is 17.7 Å². The van der Waals surface area contributed by atoms with Crippen LogP contribution in [0.15, 0.2) is 35.3 Å². The lowest BCUT2D eigenvalue weighted by Crippen LogP contribution is -2.42. The fourth-order valence-electron chi connectivity index (χ4n) is 3.41. The highest BCUT2D eigenvalue weighted by atomic mass is 16.6. The van der Waals surface area contributed by atoms with Gasteiger partial charge in [-0.3, -0.25) is 14.6 Å². The molecule has 7 heteroatoms. The summed E-state index contributed by atoms with van der Waals surface area (Å²) < 4.78 is 5.24. The first-order valence-electron chi connectivity index (χ1n) is 12.3. The van der Waals surface area contributed by atoms with Crippen LogP contribution in [0, 0.1) is 11.8 Å². The van der Waals surface area contributed by atoms with Gasteiger partial charge in [-0.15, -0.1) is 0 Å². The van der Waals surface area contributed by atoms with Crippen molar-refractivity contribution in [2.45, 2.75) is 79.4 Å². The summed E-state index contributed by atoms with van der Waals surface area (Å²) in [5.74, 6) is 0.386. The largest absolute Gasteiger partial charge is 0.444 e. The van der Waals surface area contributed by atoms with Crippen LogP contribution in [-0.4, -0.2) is 60.2 Å². The van der Waals surface area contributed by atoms with Gasteiger partial charge >= 0.3 is 6.09 Å². The van der Waals surface area contributed by atoms with E-state index in [4.69, 9.17) is 4.74 Å². The van der Waals surface area contributed by atoms with Gasteiger partial charge in [0.25, 0.3) is 0 Å². The second kappa shape index (κ2) is 14.5.